The normalized spacial score (nSPS) is 11.4. The fraction of sp³-hybridized carbons (Fsp3) is 0.571. The molecule has 0 radical (unpaired) electrons. The van der Waals surface area contributed by atoms with Gasteiger partial charge in [0.25, 0.3) is 0 Å². The van der Waals surface area contributed by atoms with E-state index in [1.807, 2.05) is 0 Å². The zero-order valence-electron chi connectivity index (χ0n) is 8.07. The van der Waals surface area contributed by atoms with Crippen molar-refractivity contribution in [2.24, 2.45) is 11.5 Å². The molecule has 1 rings (SSSR count). The molecule has 0 spiro atoms. The number of nitrogens with one attached hydrogen (secondary N) is 1. The highest BCUT2D eigenvalue weighted by Gasteiger charge is 2.26. The summed E-state index contributed by atoms with van der Waals surface area (Å²) in [5.74, 6) is -0.210. The molecule has 1 aromatic heterocycles. The van der Waals surface area contributed by atoms with Crippen molar-refractivity contribution in [1.29, 1.82) is 0 Å². The summed E-state index contributed by atoms with van der Waals surface area (Å²) in [6, 6.07) is 0.134. The number of rotatable bonds is 4. The molecule has 7 heteroatoms. The van der Waals surface area contributed by atoms with Crippen LogP contribution in [0.3, 0.4) is 0 Å². The van der Waals surface area contributed by atoms with Crippen molar-refractivity contribution in [3.05, 3.63) is 5.89 Å². The monoisotopic (exact) mass is 199 g/mol. The zero-order valence-corrected chi connectivity index (χ0v) is 8.07. The quantitative estimate of drug-likeness (QED) is 0.584. The van der Waals surface area contributed by atoms with Gasteiger partial charge in [-0.05, 0) is 13.8 Å². The third kappa shape index (κ3) is 2.19. The molecule has 0 aromatic carbocycles. The first-order valence-corrected chi connectivity index (χ1v) is 4.06. The van der Waals surface area contributed by atoms with Crippen LogP contribution in [0.25, 0.3) is 0 Å². The number of amides is 1. The number of primary amides is 1. The SMILES string of the molecule is CC(C)(Nc1nnc(CN)o1)C(N)=O. The standard InChI is InChI=1S/C7H13N5O2/c1-7(2,5(9)13)10-6-12-11-4(3-8)14-6/h3,8H2,1-2H3,(H2,9,13)(H,10,12). The van der Waals surface area contributed by atoms with Crippen LogP contribution in [-0.2, 0) is 11.3 Å². The molecule has 0 fully saturated rings. The molecule has 78 valence electrons. The van der Waals surface area contributed by atoms with Crippen LogP contribution in [0.4, 0.5) is 6.01 Å². The topological polar surface area (TPSA) is 120 Å². The van der Waals surface area contributed by atoms with Crippen LogP contribution < -0.4 is 16.8 Å². The molecule has 0 saturated carbocycles. The lowest BCUT2D eigenvalue weighted by atomic mass is 10.1. The van der Waals surface area contributed by atoms with E-state index >= 15 is 0 Å². The van der Waals surface area contributed by atoms with Crippen LogP contribution >= 0.6 is 0 Å². The van der Waals surface area contributed by atoms with Gasteiger partial charge in [0.15, 0.2) is 0 Å². The predicted octanol–water partition coefficient (Wildman–Crippen LogP) is -0.796. The number of anilines is 1. The van der Waals surface area contributed by atoms with Crippen LogP contribution in [0, 0.1) is 0 Å². The molecule has 0 bridgehead atoms. The van der Waals surface area contributed by atoms with Gasteiger partial charge in [-0.1, -0.05) is 5.10 Å². The lowest BCUT2D eigenvalue weighted by Crippen LogP contribution is -2.45. The molecule has 0 aliphatic rings. The Balaban J connectivity index is 2.73. The Morgan fingerprint density at radius 2 is 2.21 bits per heavy atom. The van der Waals surface area contributed by atoms with Gasteiger partial charge < -0.3 is 21.2 Å². The van der Waals surface area contributed by atoms with E-state index in [4.69, 9.17) is 15.9 Å². The first kappa shape index (κ1) is 10.5. The van der Waals surface area contributed by atoms with Gasteiger partial charge in [0.05, 0.1) is 6.54 Å². The zero-order chi connectivity index (χ0) is 10.8. The summed E-state index contributed by atoms with van der Waals surface area (Å²) in [7, 11) is 0. The van der Waals surface area contributed by atoms with Gasteiger partial charge in [-0.15, -0.1) is 5.10 Å². The van der Waals surface area contributed by atoms with E-state index < -0.39 is 11.4 Å². The first-order chi connectivity index (χ1) is 6.45. The number of carbonyl (C=O) groups excluding carboxylic acids is 1. The molecule has 7 nitrogen and oxygen atoms in total. The Morgan fingerprint density at radius 3 is 2.64 bits per heavy atom. The van der Waals surface area contributed by atoms with Crippen LogP contribution in [0.15, 0.2) is 4.42 Å². The van der Waals surface area contributed by atoms with Gasteiger partial charge in [-0.2, -0.15) is 0 Å². The fourth-order valence-electron chi connectivity index (χ4n) is 0.716. The summed E-state index contributed by atoms with van der Waals surface area (Å²) in [6.07, 6.45) is 0. The Morgan fingerprint density at radius 1 is 1.57 bits per heavy atom. The molecule has 1 heterocycles. The lowest BCUT2D eigenvalue weighted by Gasteiger charge is -2.20. The van der Waals surface area contributed by atoms with E-state index in [9.17, 15) is 4.79 Å². The number of nitrogens with zero attached hydrogens (tertiary/aromatic N) is 2. The lowest BCUT2D eigenvalue weighted by molar-refractivity contribution is -0.121. The van der Waals surface area contributed by atoms with Crippen molar-refractivity contribution in [3.8, 4) is 0 Å². The van der Waals surface area contributed by atoms with Crippen molar-refractivity contribution in [1.82, 2.24) is 10.2 Å². The highest BCUT2D eigenvalue weighted by molar-refractivity contribution is 5.86. The van der Waals surface area contributed by atoms with Crippen molar-refractivity contribution in [2.45, 2.75) is 25.9 Å². The second-order valence-electron chi connectivity index (χ2n) is 3.32. The number of nitrogens with two attached hydrogens (primary N) is 2. The maximum absolute atomic E-state index is 10.9. The summed E-state index contributed by atoms with van der Waals surface area (Å²) >= 11 is 0. The summed E-state index contributed by atoms with van der Waals surface area (Å²) in [5, 5.41) is 9.96. The van der Waals surface area contributed by atoms with E-state index in [-0.39, 0.29) is 12.6 Å². The minimum absolute atomic E-state index is 0.134. The molecule has 1 amide bonds. The van der Waals surface area contributed by atoms with Gasteiger partial charge in [-0.3, -0.25) is 4.79 Å². The predicted molar refractivity (Wildman–Crippen MR) is 49.1 cm³/mol. The van der Waals surface area contributed by atoms with Gasteiger partial charge in [0.1, 0.15) is 5.54 Å². The average molecular weight is 199 g/mol. The number of carbonyl (C=O) groups is 1. The molecule has 0 aliphatic heterocycles. The molecule has 0 saturated heterocycles. The van der Waals surface area contributed by atoms with E-state index in [0.717, 1.165) is 0 Å². The molecule has 0 unspecified atom stereocenters. The number of hydrogen-bond acceptors (Lipinski definition) is 6. The molecule has 14 heavy (non-hydrogen) atoms. The summed E-state index contributed by atoms with van der Waals surface area (Å²) in [5.41, 5.74) is 9.48. The van der Waals surface area contributed by atoms with Gasteiger partial charge >= 0.3 is 6.01 Å². The van der Waals surface area contributed by atoms with Crippen LogP contribution in [0.1, 0.15) is 19.7 Å². The molecule has 1 aromatic rings. The Hall–Kier alpha value is -1.63. The van der Waals surface area contributed by atoms with Crippen molar-refractivity contribution < 1.29 is 9.21 Å². The maximum Gasteiger partial charge on any atom is 0.316 e. The highest BCUT2D eigenvalue weighted by Crippen LogP contribution is 2.12. The first-order valence-electron chi connectivity index (χ1n) is 4.06. The largest absolute Gasteiger partial charge is 0.407 e. The minimum atomic E-state index is -0.932. The third-order valence-electron chi connectivity index (χ3n) is 1.68. The number of hydrogen-bond donors (Lipinski definition) is 3. The maximum atomic E-state index is 10.9. The summed E-state index contributed by atoms with van der Waals surface area (Å²) in [4.78, 5) is 10.9. The van der Waals surface area contributed by atoms with Crippen molar-refractivity contribution >= 4 is 11.9 Å². The van der Waals surface area contributed by atoms with Crippen molar-refractivity contribution in [2.75, 3.05) is 5.32 Å². The molecular formula is C7H13N5O2. The Kier molecular flexibility index (Phi) is 2.70. The van der Waals surface area contributed by atoms with Gasteiger partial charge in [0, 0.05) is 0 Å². The average Bonchev–Trinajstić information content (AvgIpc) is 2.51. The second kappa shape index (κ2) is 3.62. The number of aromatic nitrogens is 2. The molecule has 0 aliphatic carbocycles. The Bertz CT molecular complexity index is 333. The summed E-state index contributed by atoms with van der Waals surface area (Å²) in [6.45, 7) is 3.38. The van der Waals surface area contributed by atoms with E-state index in [0.29, 0.717) is 5.89 Å². The molecule has 5 N–H and O–H groups in total. The molecular weight excluding hydrogens is 186 g/mol. The molecule has 0 atom stereocenters. The van der Waals surface area contributed by atoms with Crippen molar-refractivity contribution in [3.63, 3.8) is 0 Å². The fourth-order valence-corrected chi connectivity index (χ4v) is 0.716. The van der Waals surface area contributed by atoms with E-state index in [1.165, 1.54) is 0 Å². The van der Waals surface area contributed by atoms with Crippen LogP contribution in [0.5, 0.6) is 0 Å². The highest BCUT2D eigenvalue weighted by atomic mass is 16.4. The summed E-state index contributed by atoms with van der Waals surface area (Å²) < 4.78 is 5.05. The van der Waals surface area contributed by atoms with E-state index in [2.05, 4.69) is 15.5 Å². The van der Waals surface area contributed by atoms with Crippen LogP contribution in [-0.4, -0.2) is 21.6 Å². The van der Waals surface area contributed by atoms with Gasteiger partial charge in [-0.25, -0.2) is 0 Å². The van der Waals surface area contributed by atoms with Crippen LogP contribution in [0.2, 0.25) is 0 Å². The third-order valence-corrected chi connectivity index (χ3v) is 1.68. The second-order valence-corrected chi connectivity index (χ2v) is 3.32. The minimum Gasteiger partial charge on any atom is -0.407 e. The van der Waals surface area contributed by atoms with E-state index in [1.54, 1.807) is 13.8 Å². The van der Waals surface area contributed by atoms with Gasteiger partial charge in [0.2, 0.25) is 11.8 Å². The Labute approximate surface area is 80.8 Å². The smallest absolute Gasteiger partial charge is 0.316 e.